The van der Waals surface area contributed by atoms with E-state index in [1.165, 1.54) is 36.4 Å². The minimum atomic E-state index is -3.93. The lowest BCUT2D eigenvalue weighted by Gasteiger charge is -2.42. The van der Waals surface area contributed by atoms with Crippen LogP contribution in [0, 0.1) is 5.92 Å². The third-order valence-corrected chi connectivity index (χ3v) is 12.3. The summed E-state index contributed by atoms with van der Waals surface area (Å²) in [4.78, 5) is 22.9. The Labute approximate surface area is 275 Å². The van der Waals surface area contributed by atoms with Crippen LogP contribution in [0.5, 0.6) is 5.75 Å². The van der Waals surface area contributed by atoms with E-state index in [0.717, 1.165) is 16.3 Å². The van der Waals surface area contributed by atoms with Crippen molar-refractivity contribution in [3.8, 4) is 17.0 Å². The second-order valence-electron chi connectivity index (χ2n) is 12.4. The molecule has 1 aromatic heterocycles. The maximum Gasteiger partial charge on any atom is 0.243 e. The summed E-state index contributed by atoms with van der Waals surface area (Å²) in [5.41, 5.74) is 7.97. The normalized spacial score (nSPS) is 21.2. The summed E-state index contributed by atoms with van der Waals surface area (Å²) in [7, 11) is -3.93. The zero-order chi connectivity index (χ0) is 31.4. The van der Waals surface area contributed by atoms with Gasteiger partial charge in [-0.3, -0.25) is 9.69 Å². The maximum atomic E-state index is 14.1. The molecule has 3 aliphatic rings. The third-order valence-electron chi connectivity index (χ3n) is 9.24. The predicted octanol–water partition coefficient (Wildman–Crippen LogP) is 5.25. The highest BCUT2D eigenvalue weighted by atomic mass is 35.5. The fraction of sp³-hybridized carbons (Fsp3) is 0.515. The standard InChI is InChI=1S/C33H42ClN5O4S2/c34-26-8-6-25(7-9-26)30-23-44-32(36-30)21-37-18-19-39(31(20-37)33(40)38-16-14-27(35)15-17-38)45(41,42)29-12-10-28(11-13-29)43-22-24-4-2-1-3-5-24/h6-13,23-24,27,31H,1-5,14-22,35H2/t31-/m0/s1. The van der Waals surface area contributed by atoms with Gasteiger partial charge in [0.05, 0.1) is 23.7 Å². The highest BCUT2D eigenvalue weighted by molar-refractivity contribution is 7.89. The number of halogens is 1. The lowest BCUT2D eigenvalue weighted by Crippen LogP contribution is -2.61. The van der Waals surface area contributed by atoms with Crippen molar-refractivity contribution in [3.05, 3.63) is 63.9 Å². The smallest absolute Gasteiger partial charge is 0.243 e. The molecule has 3 heterocycles. The highest BCUT2D eigenvalue weighted by Gasteiger charge is 2.42. The number of piperidine rings is 1. The van der Waals surface area contributed by atoms with Gasteiger partial charge in [-0.25, -0.2) is 13.4 Å². The monoisotopic (exact) mass is 671 g/mol. The van der Waals surface area contributed by atoms with E-state index in [9.17, 15) is 13.2 Å². The number of carbonyl (C=O) groups excluding carboxylic acids is 1. The van der Waals surface area contributed by atoms with Crippen LogP contribution in [-0.2, 0) is 21.4 Å². The Bertz CT molecular complexity index is 1540. The molecular formula is C33H42ClN5O4S2. The molecule has 0 radical (unpaired) electrons. The minimum Gasteiger partial charge on any atom is -0.493 e. The van der Waals surface area contributed by atoms with Crippen LogP contribution in [0.1, 0.15) is 50.0 Å². The fourth-order valence-corrected chi connectivity index (χ4v) is 9.06. The topological polar surface area (TPSA) is 109 Å². The van der Waals surface area contributed by atoms with Crippen molar-refractivity contribution in [2.24, 2.45) is 11.7 Å². The SMILES string of the molecule is NC1CCN(C(=O)[C@@H]2CN(Cc3nc(-c4ccc(Cl)cc4)cs3)CCN2S(=O)(=O)c2ccc(OCC3CCCCC3)cc2)CC1. The van der Waals surface area contributed by atoms with E-state index in [1.54, 1.807) is 40.5 Å². The van der Waals surface area contributed by atoms with Gasteiger partial charge in [-0.05, 0) is 68.0 Å². The quantitative estimate of drug-likeness (QED) is 0.331. The Hall–Kier alpha value is -2.54. The second kappa shape index (κ2) is 14.5. The molecular weight excluding hydrogens is 630 g/mol. The van der Waals surface area contributed by atoms with Gasteiger partial charge in [0, 0.05) is 54.7 Å². The predicted molar refractivity (Wildman–Crippen MR) is 178 cm³/mol. The molecule has 2 aromatic carbocycles. The molecule has 2 aliphatic heterocycles. The van der Waals surface area contributed by atoms with E-state index in [1.807, 2.05) is 29.6 Å². The van der Waals surface area contributed by atoms with Crippen molar-refractivity contribution in [1.29, 1.82) is 0 Å². The molecule has 2 N–H and O–H groups in total. The number of likely N-dealkylation sites (tertiary alicyclic amines) is 1. The molecule has 1 aliphatic carbocycles. The molecule has 1 amide bonds. The summed E-state index contributed by atoms with van der Waals surface area (Å²) >= 11 is 7.61. The van der Waals surface area contributed by atoms with E-state index in [4.69, 9.17) is 27.1 Å². The molecule has 0 bridgehead atoms. The third kappa shape index (κ3) is 7.89. The summed E-state index contributed by atoms with van der Waals surface area (Å²) in [6, 6.07) is 13.5. The highest BCUT2D eigenvalue weighted by Crippen LogP contribution is 2.29. The summed E-state index contributed by atoms with van der Waals surface area (Å²) < 4.78 is 35.5. The number of nitrogens with two attached hydrogens (primary N) is 1. The summed E-state index contributed by atoms with van der Waals surface area (Å²) in [6.45, 7) is 3.26. The first-order chi connectivity index (χ1) is 21.8. The van der Waals surface area contributed by atoms with Crippen LogP contribution in [-0.4, -0.2) is 84.8 Å². The average Bonchev–Trinajstić information content (AvgIpc) is 3.53. The number of sulfonamides is 1. The van der Waals surface area contributed by atoms with Gasteiger partial charge in [0.2, 0.25) is 15.9 Å². The number of ether oxygens (including phenoxy) is 1. The molecule has 6 rings (SSSR count). The first-order valence-corrected chi connectivity index (χ1v) is 18.7. The number of hydrogen-bond acceptors (Lipinski definition) is 8. The van der Waals surface area contributed by atoms with Crippen molar-refractivity contribution in [3.63, 3.8) is 0 Å². The fourth-order valence-electron chi connectivity index (χ4n) is 6.53. The van der Waals surface area contributed by atoms with Crippen LogP contribution in [0.3, 0.4) is 0 Å². The lowest BCUT2D eigenvalue weighted by molar-refractivity contribution is -0.138. The van der Waals surface area contributed by atoms with E-state index in [2.05, 4.69) is 4.90 Å². The molecule has 1 saturated carbocycles. The lowest BCUT2D eigenvalue weighted by atomic mass is 9.90. The molecule has 0 unspecified atom stereocenters. The number of rotatable bonds is 9. The Kier molecular flexibility index (Phi) is 10.4. The number of carbonyl (C=O) groups is 1. The van der Waals surface area contributed by atoms with Gasteiger partial charge in [0.25, 0.3) is 0 Å². The Morgan fingerprint density at radius 3 is 2.38 bits per heavy atom. The van der Waals surface area contributed by atoms with Crippen molar-refractivity contribution >= 4 is 38.9 Å². The zero-order valence-corrected chi connectivity index (χ0v) is 27.9. The molecule has 12 heteroatoms. The van der Waals surface area contributed by atoms with E-state index < -0.39 is 16.1 Å². The Balaban J connectivity index is 1.17. The number of aromatic nitrogens is 1. The van der Waals surface area contributed by atoms with E-state index >= 15 is 0 Å². The number of thiazole rings is 1. The van der Waals surface area contributed by atoms with Crippen LogP contribution in [0.4, 0.5) is 0 Å². The van der Waals surface area contributed by atoms with E-state index in [0.29, 0.717) is 68.9 Å². The van der Waals surface area contributed by atoms with Crippen LogP contribution >= 0.6 is 22.9 Å². The van der Waals surface area contributed by atoms with Gasteiger partial charge in [0.1, 0.15) is 16.8 Å². The van der Waals surface area contributed by atoms with Crippen molar-refractivity contribution in [2.75, 3.05) is 39.3 Å². The molecule has 0 spiro atoms. The molecule has 9 nitrogen and oxygen atoms in total. The number of piperazine rings is 1. The van der Waals surface area contributed by atoms with Gasteiger partial charge in [0.15, 0.2) is 0 Å². The summed E-state index contributed by atoms with van der Waals surface area (Å²) in [5.74, 6) is 1.06. The van der Waals surface area contributed by atoms with Gasteiger partial charge in [-0.2, -0.15) is 4.31 Å². The van der Waals surface area contributed by atoms with Crippen LogP contribution < -0.4 is 10.5 Å². The van der Waals surface area contributed by atoms with Gasteiger partial charge >= 0.3 is 0 Å². The van der Waals surface area contributed by atoms with Gasteiger partial charge in [-0.15, -0.1) is 11.3 Å². The molecule has 242 valence electrons. The number of hydrogen-bond donors (Lipinski definition) is 1. The Morgan fingerprint density at radius 2 is 1.67 bits per heavy atom. The summed E-state index contributed by atoms with van der Waals surface area (Å²) in [6.07, 6.45) is 7.58. The second-order valence-corrected chi connectivity index (χ2v) is 15.7. The number of amides is 1. The summed E-state index contributed by atoms with van der Waals surface area (Å²) in [5, 5.41) is 3.60. The first kappa shape index (κ1) is 32.4. The molecule has 45 heavy (non-hydrogen) atoms. The molecule has 1 atom stereocenters. The Morgan fingerprint density at radius 1 is 0.956 bits per heavy atom. The maximum absolute atomic E-state index is 14.1. The number of nitrogens with zero attached hydrogens (tertiary/aromatic N) is 4. The van der Waals surface area contributed by atoms with Crippen molar-refractivity contribution in [1.82, 2.24) is 19.1 Å². The van der Waals surface area contributed by atoms with Crippen molar-refractivity contribution in [2.45, 2.75) is 68.5 Å². The van der Waals surface area contributed by atoms with Crippen LogP contribution in [0.25, 0.3) is 11.3 Å². The van der Waals surface area contributed by atoms with Gasteiger partial charge < -0.3 is 15.4 Å². The first-order valence-electron chi connectivity index (χ1n) is 16.0. The zero-order valence-electron chi connectivity index (χ0n) is 25.5. The van der Waals surface area contributed by atoms with E-state index in [-0.39, 0.29) is 23.4 Å². The van der Waals surface area contributed by atoms with Crippen molar-refractivity contribution < 1.29 is 17.9 Å². The minimum absolute atomic E-state index is 0.0651. The largest absolute Gasteiger partial charge is 0.493 e. The molecule has 3 aromatic rings. The van der Waals surface area contributed by atoms with Crippen LogP contribution in [0.15, 0.2) is 58.8 Å². The van der Waals surface area contributed by atoms with Crippen LogP contribution in [0.2, 0.25) is 5.02 Å². The van der Waals surface area contributed by atoms with Gasteiger partial charge in [-0.1, -0.05) is 43.0 Å². The average molecular weight is 672 g/mol. The molecule has 3 fully saturated rings. The number of benzene rings is 2. The molecule has 2 saturated heterocycles.